The molecule has 0 radical (unpaired) electrons. The van der Waals surface area contributed by atoms with Crippen molar-refractivity contribution >= 4 is 11.6 Å². The zero-order chi connectivity index (χ0) is 15.2. The molecular weight excluding hydrogens is 262 g/mol. The smallest absolute Gasteiger partial charge is 0.239 e. The van der Waals surface area contributed by atoms with Gasteiger partial charge in [0.15, 0.2) is 0 Å². The van der Waals surface area contributed by atoms with Gasteiger partial charge in [0.05, 0.1) is 6.54 Å². The number of para-hydroxylation sites is 1. The van der Waals surface area contributed by atoms with Crippen LogP contribution in [-0.2, 0) is 4.79 Å². The molecule has 0 aromatic heterocycles. The van der Waals surface area contributed by atoms with E-state index in [4.69, 9.17) is 5.73 Å². The Labute approximate surface area is 127 Å². The van der Waals surface area contributed by atoms with E-state index in [0.29, 0.717) is 6.54 Å². The van der Waals surface area contributed by atoms with Crippen LogP contribution in [0.2, 0.25) is 0 Å². The summed E-state index contributed by atoms with van der Waals surface area (Å²) in [7, 11) is 0. The molecule has 2 unspecified atom stereocenters. The fourth-order valence-corrected chi connectivity index (χ4v) is 3.03. The Bertz CT molecular complexity index is 475. The third kappa shape index (κ3) is 4.21. The summed E-state index contributed by atoms with van der Waals surface area (Å²) in [5.41, 5.74) is 8.50. The summed E-state index contributed by atoms with van der Waals surface area (Å²) in [5.74, 6) is 0.0984. The Kier molecular flexibility index (Phi) is 5.62. The van der Waals surface area contributed by atoms with Gasteiger partial charge in [-0.1, -0.05) is 31.5 Å². The van der Waals surface area contributed by atoms with Gasteiger partial charge in [0.1, 0.15) is 0 Å². The van der Waals surface area contributed by atoms with Gasteiger partial charge in [0.2, 0.25) is 5.91 Å². The number of rotatable bonds is 5. The lowest BCUT2D eigenvalue weighted by Crippen LogP contribution is -2.41. The highest BCUT2D eigenvalue weighted by Crippen LogP contribution is 2.30. The highest BCUT2D eigenvalue weighted by molar-refractivity contribution is 5.82. The molecule has 0 bridgehead atoms. The summed E-state index contributed by atoms with van der Waals surface area (Å²) in [6, 6.07) is 8.51. The van der Waals surface area contributed by atoms with Gasteiger partial charge in [-0.05, 0) is 37.8 Å². The average Bonchev–Trinajstić information content (AvgIpc) is 2.60. The zero-order valence-corrected chi connectivity index (χ0v) is 13.1. The van der Waals surface area contributed by atoms with Crippen molar-refractivity contribution in [2.24, 2.45) is 5.73 Å². The van der Waals surface area contributed by atoms with E-state index in [9.17, 15) is 4.79 Å². The second-order valence-electron chi connectivity index (χ2n) is 5.99. The van der Waals surface area contributed by atoms with Gasteiger partial charge in [-0.2, -0.15) is 0 Å². The van der Waals surface area contributed by atoms with Crippen LogP contribution in [0.5, 0.6) is 0 Å². The quantitative estimate of drug-likeness (QED) is 0.876. The molecule has 1 amide bonds. The third-order valence-electron chi connectivity index (χ3n) is 4.08. The fourth-order valence-electron chi connectivity index (χ4n) is 3.03. The van der Waals surface area contributed by atoms with Gasteiger partial charge >= 0.3 is 0 Å². The molecule has 1 aliphatic rings. The van der Waals surface area contributed by atoms with E-state index in [2.05, 4.69) is 36.2 Å². The molecule has 0 spiro atoms. The van der Waals surface area contributed by atoms with Crippen LogP contribution < -0.4 is 16.0 Å². The number of carbonyl (C=O) groups excluding carboxylic acids is 1. The molecule has 0 saturated carbocycles. The van der Waals surface area contributed by atoms with Gasteiger partial charge in [-0.25, -0.2) is 0 Å². The van der Waals surface area contributed by atoms with E-state index in [1.807, 2.05) is 12.1 Å². The first-order valence-corrected chi connectivity index (χ1v) is 8.00. The Morgan fingerprint density at radius 2 is 2.24 bits per heavy atom. The number of hydrogen-bond acceptors (Lipinski definition) is 3. The first-order valence-electron chi connectivity index (χ1n) is 8.00. The summed E-state index contributed by atoms with van der Waals surface area (Å²) in [4.78, 5) is 14.4. The van der Waals surface area contributed by atoms with Crippen molar-refractivity contribution < 1.29 is 4.79 Å². The minimum absolute atomic E-state index is 0.0771. The van der Waals surface area contributed by atoms with Crippen molar-refractivity contribution in [2.45, 2.75) is 51.6 Å². The number of anilines is 1. The molecule has 2 atom stereocenters. The monoisotopic (exact) mass is 289 g/mol. The molecule has 0 fully saturated rings. The summed E-state index contributed by atoms with van der Waals surface area (Å²) < 4.78 is 0. The van der Waals surface area contributed by atoms with Crippen molar-refractivity contribution in [3.63, 3.8) is 0 Å². The van der Waals surface area contributed by atoms with Gasteiger partial charge in [0, 0.05) is 24.3 Å². The maximum Gasteiger partial charge on any atom is 0.239 e. The maximum absolute atomic E-state index is 12.2. The van der Waals surface area contributed by atoms with Crippen LogP contribution in [0, 0.1) is 0 Å². The maximum atomic E-state index is 12.2. The predicted octanol–water partition coefficient (Wildman–Crippen LogP) is 2.59. The third-order valence-corrected chi connectivity index (χ3v) is 4.08. The summed E-state index contributed by atoms with van der Waals surface area (Å²) in [5, 5.41) is 3.08. The Morgan fingerprint density at radius 3 is 3.00 bits per heavy atom. The van der Waals surface area contributed by atoms with Crippen molar-refractivity contribution in [2.75, 3.05) is 18.0 Å². The molecule has 1 aromatic carbocycles. The second kappa shape index (κ2) is 7.46. The van der Waals surface area contributed by atoms with Crippen LogP contribution in [0.4, 0.5) is 5.69 Å². The van der Waals surface area contributed by atoms with E-state index in [-0.39, 0.29) is 18.0 Å². The fraction of sp³-hybridized carbons (Fsp3) is 0.588. The van der Waals surface area contributed by atoms with E-state index in [0.717, 1.165) is 43.5 Å². The first kappa shape index (κ1) is 15.8. The summed E-state index contributed by atoms with van der Waals surface area (Å²) >= 11 is 0. The predicted molar refractivity (Wildman–Crippen MR) is 87.3 cm³/mol. The van der Waals surface area contributed by atoms with Gasteiger partial charge in [-0.15, -0.1) is 0 Å². The van der Waals surface area contributed by atoms with Gasteiger partial charge in [0.25, 0.3) is 0 Å². The normalized spacial score (nSPS) is 19.6. The van der Waals surface area contributed by atoms with E-state index >= 15 is 0 Å². The lowest BCUT2D eigenvalue weighted by Gasteiger charge is -2.25. The summed E-state index contributed by atoms with van der Waals surface area (Å²) in [6.07, 6.45) is 4.10. The first-order chi connectivity index (χ1) is 10.1. The highest BCUT2D eigenvalue weighted by atomic mass is 16.2. The highest BCUT2D eigenvalue weighted by Gasteiger charge is 2.21. The van der Waals surface area contributed by atoms with Crippen LogP contribution in [0.25, 0.3) is 0 Å². The molecule has 4 nitrogen and oxygen atoms in total. The molecule has 116 valence electrons. The number of benzene rings is 1. The van der Waals surface area contributed by atoms with Gasteiger partial charge < -0.3 is 16.0 Å². The number of nitrogens with two attached hydrogens (primary N) is 1. The molecule has 0 saturated heterocycles. The van der Waals surface area contributed by atoms with Crippen molar-refractivity contribution in [3.8, 4) is 0 Å². The second-order valence-corrected chi connectivity index (χ2v) is 5.99. The number of carbonyl (C=O) groups is 1. The Balaban J connectivity index is 2.06. The molecular formula is C17H27N3O. The number of nitrogens with one attached hydrogen (secondary N) is 1. The van der Waals surface area contributed by atoms with Crippen LogP contribution in [0.1, 0.15) is 51.1 Å². The summed E-state index contributed by atoms with van der Waals surface area (Å²) in [6.45, 7) is 5.50. The largest absolute Gasteiger partial charge is 0.362 e. The molecule has 21 heavy (non-hydrogen) atoms. The molecule has 0 aliphatic carbocycles. The number of hydrogen-bond donors (Lipinski definition) is 2. The Hall–Kier alpha value is -1.55. The standard InChI is InChI=1S/C17H27N3O/c1-3-7-13(2)19-17(21)12-20-11-6-9-15(18)14-8-4-5-10-16(14)20/h4-5,8,10,13,15H,3,6-7,9,11-12,18H2,1-2H3,(H,19,21). The topological polar surface area (TPSA) is 58.4 Å². The molecule has 3 N–H and O–H groups in total. The molecule has 1 aromatic rings. The van der Waals surface area contributed by atoms with E-state index < -0.39 is 0 Å². The molecule has 4 heteroatoms. The molecule has 1 aliphatic heterocycles. The van der Waals surface area contributed by atoms with Crippen LogP contribution in [0.3, 0.4) is 0 Å². The average molecular weight is 289 g/mol. The number of fused-ring (bicyclic) bond motifs is 1. The van der Waals surface area contributed by atoms with Crippen LogP contribution >= 0.6 is 0 Å². The number of nitrogens with zero attached hydrogens (tertiary/aromatic N) is 1. The zero-order valence-electron chi connectivity index (χ0n) is 13.1. The Morgan fingerprint density at radius 1 is 1.48 bits per heavy atom. The minimum Gasteiger partial charge on any atom is -0.362 e. The van der Waals surface area contributed by atoms with E-state index in [1.54, 1.807) is 0 Å². The van der Waals surface area contributed by atoms with Crippen molar-refractivity contribution in [3.05, 3.63) is 29.8 Å². The molecule has 2 rings (SSSR count). The van der Waals surface area contributed by atoms with E-state index in [1.165, 1.54) is 0 Å². The van der Waals surface area contributed by atoms with Crippen molar-refractivity contribution in [1.82, 2.24) is 5.32 Å². The number of amides is 1. The van der Waals surface area contributed by atoms with Crippen molar-refractivity contribution in [1.29, 1.82) is 0 Å². The molecule has 1 heterocycles. The lowest BCUT2D eigenvalue weighted by atomic mass is 10.0. The SMILES string of the molecule is CCCC(C)NC(=O)CN1CCCC(N)c2ccccc21. The van der Waals surface area contributed by atoms with Crippen LogP contribution in [0.15, 0.2) is 24.3 Å². The lowest BCUT2D eigenvalue weighted by molar-refractivity contribution is -0.120. The van der Waals surface area contributed by atoms with Gasteiger partial charge in [-0.3, -0.25) is 4.79 Å². The van der Waals surface area contributed by atoms with Crippen LogP contribution in [-0.4, -0.2) is 25.0 Å². The minimum atomic E-state index is 0.0771.